The second kappa shape index (κ2) is 3.60. The van der Waals surface area contributed by atoms with E-state index in [9.17, 15) is 0 Å². The molecule has 0 N–H and O–H groups in total. The highest BCUT2D eigenvalue weighted by molar-refractivity contribution is 4.81. The van der Waals surface area contributed by atoms with Crippen molar-refractivity contribution in [3.8, 4) is 0 Å². The van der Waals surface area contributed by atoms with Crippen LogP contribution in [-0.4, -0.2) is 0 Å². The van der Waals surface area contributed by atoms with E-state index in [0.717, 1.165) is 23.7 Å². The molecule has 0 radical (unpaired) electrons. The van der Waals surface area contributed by atoms with Crippen LogP contribution in [0.3, 0.4) is 0 Å². The highest BCUT2D eigenvalue weighted by Gasteiger charge is 2.31. The first-order chi connectivity index (χ1) is 5.15. The first kappa shape index (κ1) is 9.09. The lowest BCUT2D eigenvalue weighted by Gasteiger charge is -2.21. The van der Waals surface area contributed by atoms with Crippen molar-refractivity contribution >= 4 is 0 Å². The fourth-order valence-electron chi connectivity index (χ4n) is 2.70. The zero-order chi connectivity index (χ0) is 8.43. The van der Waals surface area contributed by atoms with Crippen molar-refractivity contribution in [1.29, 1.82) is 0 Å². The van der Waals surface area contributed by atoms with Crippen LogP contribution in [0.2, 0.25) is 0 Å². The predicted molar refractivity (Wildman–Crippen MR) is 50.5 cm³/mol. The third-order valence-electron chi connectivity index (χ3n) is 3.55. The Kier molecular flexibility index (Phi) is 2.98. The molecule has 1 aliphatic carbocycles. The van der Waals surface area contributed by atoms with Crippen molar-refractivity contribution in [3.63, 3.8) is 0 Å². The van der Waals surface area contributed by atoms with E-state index in [1.807, 2.05) is 0 Å². The molecule has 0 aromatic rings. The molecule has 0 heteroatoms. The van der Waals surface area contributed by atoms with Crippen LogP contribution in [-0.2, 0) is 0 Å². The van der Waals surface area contributed by atoms with Crippen molar-refractivity contribution in [1.82, 2.24) is 0 Å². The summed E-state index contributed by atoms with van der Waals surface area (Å²) in [6.07, 6.45) is 4.31. The minimum atomic E-state index is 0.954. The molecule has 0 nitrogen and oxygen atoms in total. The largest absolute Gasteiger partial charge is 0.0651 e. The lowest BCUT2D eigenvalue weighted by molar-refractivity contribution is 0.286. The van der Waals surface area contributed by atoms with Gasteiger partial charge in [-0.25, -0.2) is 0 Å². The minimum Gasteiger partial charge on any atom is -0.0651 e. The lowest BCUT2D eigenvalue weighted by Crippen LogP contribution is -2.13. The van der Waals surface area contributed by atoms with Crippen LogP contribution in [0.1, 0.15) is 47.0 Å². The summed E-state index contributed by atoms with van der Waals surface area (Å²) >= 11 is 0. The summed E-state index contributed by atoms with van der Waals surface area (Å²) < 4.78 is 0. The minimum absolute atomic E-state index is 0.954. The van der Waals surface area contributed by atoms with Crippen molar-refractivity contribution in [2.45, 2.75) is 47.0 Å². The molecule has 0 spiro atoms. The number of rotatable bonds is 2. The van der Waals surface area contributed by atoms with Crippen LogP contribution in [0.15, 0.2) is 0 Å². The molecule has 0 heterocycles. The Morgan fingerprint density at radius 3 is 2.27 bits per heavy atom. The van der Waals surface area contributed by atoms with E-state index in [0.29, 0.717) is 0 Å². The van der Waals surface area contributed by atoms with E-state index in [2.05, 4.69) is 27.7 Å². The van der Waals surface area contributed by atoms with Gasteiger partial charge in [0.1, 0.15) is 0 Å². The van der Waals surface area contributed by atoms with E-state index in [1.54, 1.807) is 0 Å². The third-order valence-corrected chi connectivity index (χ3v) is 3.55. The van der Waals surface area contributed by atoms with Crippen molar-refractivity contribution in [2.24, 2.45) is 23.7 Å². The van der Waals surface area contributed by atoms with E-state index < -0.39 is 0 Å². The van der Waals surface area contributed by atoms with Gasteiger partial charge in [-0.15, -0.1) is 0 Å². The van der Waals surface area contributed by atoms with Gasteiger partial charge >= 0.3 is 0 Å². The van der Waals surface area contributed by atoms with Crippen LogP contribution in [0, 0.1) is 23.7 Å². The Labute approximate surface area is 71.4 Å². The fourth-order valence-corrected chi connectivity index (χ4v) is 2.70. The average molecular weight is 154 g/mol. The average Bonchev–Trinajstić information content (AvgIpc) is 2.28. The van der Waals surface area contributed by atoms with Gasteiger partial charge in [0.2, 0.25) is 0 Å². The van der Waals surface area contributed by atoms with Gasteiger partial charge in [-0.2, -0.15) is 0 Å². The number of hydrogen-bond donors (Lipinski definition) is 0. The third kappa shape index (κ3) is 1.98. The van der Waals surface area contributed by atoms with Crippen LogP contribution in [0.25, 0.3) is 0 Å². The molecule has 0 bridgehead atoms. The van der Waals surface area contributed by atoms with Gasteiger partial charge in [-0.3, -0.25) is 0 Å². The molecule has 1 fully saturated rings. The zero-order valence-electron chi connectivity index (χ0n) is 8.43. The van der Waals surface area contributed by atoms with Gasteiger partial charge in [-0.05, 0) is 36.5 Å². The van der Waals surface area contributed by atoms with Crippen molar-refractivity contribution in [3.05, 3.63) is 0 Å². The summed E-state index contributed by atoms with van der Waals surface area (Å²) in [6, 6.07) is 0. The van der Waals surface area contributed by atoms with Crippen LogP contribution in [0.4, 0.5) is 0 Å². The summed E-state index contributed by atoms with van der Waals surface area (Å²) in [5, 5.41) is 0. The standard InChI is InChI=1S/C11H22/c1-5-9(3)11-7-8(2)6-10(11)4/h8-11H,5-7H2,1-4H3. The smallest absolute Gasteiger partial charge is 0.0360 e. The van der Waals surface area contributed by atoms with Crippen molar-refractivity contribution < 1.29 is 0 Å². The Balaban J connectivity index is 2.45. The zero-order valence-corrected chi connectivity index (χ0v) is 8.43. The van der Waals surface area contributed by atoms with E-state index in [1.165, 1.54) is 19.3 Å². The Morgan fingerprint density at radius 1 is 1.27 bits per heavy atom. The van der Waals surface area contributed by atoms with Crippen LogP contribution < -0.4 is 0 Å². The van der Waals surface area contributed by atoms with Crippen LogP contribution >= 0.6 is 0 Å². The van der Waals surface area contributed by atoms with Gasteiger partial charge < -0.3 is 0 Å². The molecule has 4 atom stereocenters. The molecule has 0 saturated heterocycles. The highest BCUT2D eigenvalue weighted by atomic mass is 14.4. The van der Waals surface area contributed by atoms with Gasteiger partial charge in [0, 0.05) is 0 Å². The molecule has 66 valence electrons. The fraction of sp³-hybridized carbons (Fsp3) is 1.00. The lowest BCUT2D eigenvalue weighted by atomic mass is 9.84. The maximum absolute atomic E-state index is 2.43. The van der Waals surface area contributed by atoms with Crippen LogP contribution in [0.5, 0.6) is 0 Å². The summed E-state index contributed by atoms with van der Waals surface area (Å²) in [4.78, 5) is 0. The molecule has 11 heavy (non-hydrogen) atoms. The Bertz CT molecular complexity index is 113. The van der Waals surface area contributed by atoms with Gasteiger partial charge in [0.25, 0.3) is 0 Å². The summed E-state index contributed by atoms with van der Waals surface area (Å²) in [5.41, 5.74) is 0. The van der Waals surface area contributed by atoms with E-state index in [4.69, 9.17) is 0 Å². The summed E-state index contributed by atoms with van der Waals surface area (Å²) in [5.74, 6) is 3.95. The summed E-state index contributed by atoms with van der Waals surface area (Å²) in [6.45, 7) is 9.57. The van der Waals surface area contributed by atoms with Gasteiger partial charge in [0.05, 0.1) is 0 Å². The molecule has 0 amide bonds. The predicted octanol–water partition coefficient (Wildman–Crippen LogP) is 3.71. The van der Waals surface area contributed by atoms with E-state index >= 15 is 0 Å². The quantitative estimate of drug-likeness (QED) is 0.568. The maximum atomic E-state index is 2.43. The Hall–Kier alpha value is 0. The molecule has 0 aromatic carbocycles. The normalized spacial score (nSPS) is 40.9. The second-order valence-electron chi connectivity index (χ2n) is 4.60. The molecule has 1 rings (SSSR count). The summed E-state index contributed by atoms with van der Waals surface area (Å²) in [7, 11) is 0. The topological polar surface area (TPSA) is 0 Å². The molecule has 4 unspecified atom stereocenters. The molecule has 1 aliphatic rings. The monoisotopic (exact) mass is 154 g/mol. The molecule has 0 aromatic heterocycles. The first-order valence-electron chi connectivity index (χ1n) is 5.15. The highest BCUT2D eigenvalue weighted by Crippen LogP contribution is 2.40. The van der Waals surface area contributed by atoms with Crippen molar-refractivity contribution in [2.75, 3.05) is 0 Å². The maximum Gasteiger partial charge on any atom is -0.0360 e. The van der Waals surface area contributed by atoms with Gasteiger partial charge in [0.15, 0.2) is 0 Å². The number of hydrogen-bond acceptors (Lipinski definition) is 0. The molecule has 1 saturated carbocycles. The Morgan fingerprint density at radius 2 is 1.91 bits per heavy atom. The second-order valence-corrected chi connectivity index (χ2v) is 4.60. The SMILES string of the molecule is CCC(C)C1CC(C)CC1C. The van der Waals surface area contributed by atoms with E-state index in [-0.39, 0.29) is 0 Å². The first-order valence-corrected chi connectivity index (χ1v) is 5.15. The van der Waals surface area contributed by atoms with Gasteiger partial charge in [-0.1, -0.05) is 34.1 Å². The molecule has 0 aliphatic heterocycles. The molecular weight excluding hydrogens is 132 g/mol. The molecular formula is C11H22.